The first kappa shape index (κ1) is 24.7. The third-order valence-corrected chi connectivity index (χ3v) is 7.03. The maximum absolute atomic E-state index is 15.0. The van der Waals surface area contributed by atoms with Gasteiger partial charge < -0.3 is 9.47 Å². The zero-order valence-electron chi connectivity index (χ0n) is 19.2. The van der Waals surface area contributed by atoms with Gasteiger partial charge >= 0.3 is 0 Å². The maximum atomic E-state index is 15.0. The van der Waals surface area contributed by atoms with Gasteiger partial charge in [-0.1, -0.05) is 36.4 Å². The van der Waals surface area contributed by atoms with Gasteiger partial charge in [-0.3, -0.25) is 0 Å². The zero-order valence-corrected chi connectivity index (χ0v) is 19.2. The van der Waals surface area contributed by atoms with Crippen molar-refractivity contribution in [3.8, 4) is 11.1 Å². The predicted octanol–water partition coefficient (Wildman–Crippen LogP) is 7.59. The first-order valence-corrected chi connectivity index (χ1v) is 11.9. The van der Waals surface area contributed by atoms with Crippen molar-refractivity contribution in [3.05, 3.63) is 84.0 Å². The molecule has 0 bridgehead atoms. The second kappa shape index (κ2) is 10.9. The number of hydrogen-bond acceptors (Lipinski definition) is 2. The van der Waals surface area contributed by atoms with Crippen LogP contribution in [0.15, 0.2) is 49.6 Å². The van der Waals surface area contributed by atoms with E-state index in [1.807, 2.05) is 6.08 Å². The average Bonchev–Trinajstić information content (AvgIpc) is 2.87. The molecule has 34 heavy (non-hydrogen) atoms. The standard InChI is InChI=1S/C28H30F4O2/c1-3-5-6-20-10-8-18(16-34-20)22-12-14-24(28(32)26(22)30)23-13-11-21(25(29)27(23)31)17-7-9-19(4-2)33-15-17/h3-4,11-14,17-20H,1-2,5-10,15-16H2. The lowest BCUT2D eigenvalue weighted by Crippen LogP contribution is -2.25. The van der Waals surface area contributed by atoms with E-state index in [4.69, 9.17) is 9.47 Å². The molecule has 2 aromatic carbocycles. The minimum absolute atomic E-state index is 0.0911. The quantitative estimate of drug-likeness (QED) is 0.304. The Morgan fingerprint density at radius 2 is 1.29 bits per heavy atom. The molecule has 6 heteroatoms. The molecule has 0 amide bonds. The highest BCUT2D eigenvalue weighted by Crippen LogP contribution is 2.38. The fraction of sp³-hybridized carbons (Fsp3) is 0.429. The molecule has 2 heterocycles. The summed E-state index contributed by atoms with van der Waals surface area (Å²) < 4.78 is 71.4. The van der Waals surface area contributed by atoms with Gasteiger partial charge in [0.25, 0.3) is 0 Å². The fourth-order valence-corrected chi connectivity index (χ4v) is 4.96. The first-order valence-electron chi connectivity index (χ1n) is 11.9. The third kappa shape index (κ3) is 4.98. The highest BCUT2D eigenvalue weighted by Gasteiger charge is 2.29. The van der Waals surface area contributed by atoms with Crippen LogP contribution in [0.3, 0.4) is 0 Å². The molecule has 0 radical (unpaired) electrons. The lowest BCUT2D eigenvalue weighted by atomic mass is 9.87. The van der Waals surface area contributed by atoms with Crippen LogP contribution in [0.2, 0.25) is 0 Å². The normalized spacial score (nSPS) is 25.2. The number of benzene rings is 2. The van der Waals surface area contributed by atoms with Gasteiger partial charge in [-0.15, -0.1) is 13.2 Å². The van der Waals surface area contributed by atoms with Gasteiger partial charge in [0.15, 0.2) is 23.3 Å². The minimum Gasteiger partial charge on any atom is -0.378 e. The van der Waals surface area contributed by atoms with E-state index in [9.17, 15) is 4.39 Å². The van der Waals surface area contributed by atoms with Crippen LogP contribution in [0, 0.1) is 23.3 Å². The molecule has 2 aliphatic heterocycles. The number of rotatable bonds is 7. The van der Waals surface area contributed by atoms with Gasteiger partial charge in [-0.25, -0.2) is 17.6 Å². The summed E-state index contributed by atoms with van der Waals surface area (Å²) in [4.78, 5) is 0. The molecule has 0 spiro atoms. The monoisotopic (exact) mass is 474 g/mol. The van der Waals surface area contributed by atoms with Crippen molar-refractivity contribution in [2.45, 2.75) is 62.6 Å². The second-order valence-electron chi connectivity index (χ2n) is 9.14. The van der Waals surface area contributed by atoms with Crippen molar-refractivity contribution >= 4 is 0 Å². The van der Waals surface area contributed by atoms with Crippen LogP contribution in [0.25, 0.3) is 11.1 Å². The van der Waals surface area contributed by atoms with Crippen molar-refractivity contribution in [2.75, 3.05) is 13.2 Å². The van der Waals surface area contributed by atoms with E-state index < -0.39 is 23.3 Å². The Labute approximate surface area is 198 Å². The molecular weight excluding hydrogens is 444 g/mol. The summed E-state index contributed by atoms with van der Waals surface area (Å²) in [5.41, 5.74) is -0.200. The van der Waals surface area contributed by atoms with Crippen LogP contribution in [0.5, 0.6) is 0 Å². The number of ether oxygens (including phenoxy) is 2. The summed E-state index contributed by atoms with van der Waals surface area (Å²) >= 11 is 0. The van der Waals surface area contributed by atoms with E-state index in [-0.39, 0.29) is 52.9 Å². The SMILES string of the molecule is C=CCCC1CCC(c2ccc(-c3ccc(C4CCC(C=C)OC4)c(F)c3F)c(F)c2F)CO1. The van der Waals surface area contributed by atoms with Crippen LogP contribution >= 0.6 is 0 Å². The summed E-state index contributed by atoms with van der Waals surface area (Å²) in [6.07, 6.45) is 7.94. The first-order chi connectivity index (χ1) is 16.4. The lowest BCUT2D eigenvalue weighted by Gasteiger charge is -2.29. The smallest absolute Gasteiger partial charge is 0.167 e. The van der Waals surface area contributed by atoms with Crippen LogP contribution in [0.4, 0.5) is 17.6 Å². The summed E-state index contributed by atoms with van der Waals surface area (Å²) in [6, 6.07) is 5.55. The van der Waals surface area contributed by atoms with E-state index in [0.29, 0.717) is 25.9 Å². The highest BCUT2D eigenvalue weighted by atomic mass is 19.2. The molecule has 0 aromatic heterocycles. The molecule has 0 saturated carbocycles. The molecule has 182 valence electrons. The van der Waals surface area contributed by atoms with E-state index in [1.165, 1.54) is 24.3 Å². The Balaban J connectivity index is 1.54. The predicted molar refractivity (Wildman–Crippen MR) is 125 cm³/mol. The van der Waals surface area contributed by atoms with Crippen molar-refractivity contribution in [1.29, 1.82) is 0 Å². The molecule has 2 fully saturated rings. The molecule has 4 rings (SSSR count). The summed E-state index contributed by atoms with van der Waals surface area (Å²) in [7, 11) is 0. The summed E-state index contributed by atoms with van der Waals surface area (Å²) in [5, 5.41) is 0. The maximum Gasteiger partial charge on any atom is 0.167 e. The molecule has 4 unspecified atom stereocenters. The number of allylic oxidation sites excluding steroid dienone is 1. The van der Waals surface area contributed by atoms with Crippen LogP contribution in [-0.4, -0.2) is 25.4 Å². The van der Waals surface area contributed by atoms with Gasteiger partial charge in [-0.2, -0.15) is 0 Å². The van der Waals surface area contributed by atoms with Crippen LogP contribution in [0.1, 0.15) is 61.5 Å². The van der Waals surface area contributed by atoms with E-state index in [0.717, 1.165) is 19.3 Å². The number of halogens is 4. The van der Waals surface area contributed by atoms with Gasteiger partial charge in [0, 0.05) is 23.0 Å². The molecule has 2 nitrogen and oxygen atoms in total. The van der Waals surface area contributed by atoms with Crippen molar-refractivity contribution in [3.63, 3.8) is 0 Å². The highest BCUT2D eigenvalue weighted by molar-refractivity contribution is 5.66. The summed E-state index contributed by atoms with van der Waals surface area (Å²) in [5.74, 6) is -5.01. The van der Waals surface area contributed by atoms with E-state index in [1.54, 1.807) is 6.08 Å². The van der Waals surface area contributed by atoms with Gasteiger partial charge in [0.1, 0.15) is 0 Å². The zero-order chi connectivity index (χ0) is 24.2. The minimum atomic E-state index is -1.18. The summed E-state index contributed by atoms with van der Waals surface area (Å²) in [6.45, 7) is 7.94. The Kier molecular flexibility index (Phi) is 7.89. The van der Waals surface area contributed by atoms with Crippen molar-refractivity contribution < 1.29 is 27.0 Å². The van der Waals surface area contributed by atoms with Gasteiger partial charge in [0.05, 0.1) is 25.4 Å². The van der Waals surface area contributed by atoms with Crippen molar-refractivity contribution in [1.82, 2.24) is 0 Å². The third-order valence-electron chi connectivity index (χ3n) is 7.03. The molecule has 2 aromatic rings. The molecular formula is C28H30F4O2. The van der Waals surface area contributed by atoms with Gasteiger partial charge in [0.2, 0.25) is 0 Å². The van der Waals surface area contributed by atoms with Crippen molar-refractivity contribution in [2.24, 2.45) is 0 Å². The average molecular weight is 475 g/mol. The van der Waals surface area contributed by atoms with Crippen LogP contribution < -0.4 is 0 Å². The Morgan fingerprint density at radius 1 is 0.735 bits per heavy atom. The molecule has 2 aliphatic rings. The largest absolute Gasteiger partial charge is 0.378 e. The molecule has 0 aliphatic carbocycles. The number of hydrogen-bond donors (Lipinski definition) is 0. The Bertz CT molecular complexity index is 1040. The molecule has 2 saturated heterocycles. The Morgan fingerprint density at radius 3 is 1.74 bits per heavy atom. The molecule has 0 N–H and O–H groups in total. The Hall–Kier alpha value is -2.44. The van der Waals surface area contributed by atoms with E-state index >= 15 is 13.2 Å². The second-order valence-corrected chi connectivity index (χ2v) is 9.14. The van der Waals surface area contributed by atoms with E-state index in [2.05, 4.69) is 13.2 Å². The lowest BCUT2D eigenvalue weighted by molar-refractivity contribution is -0.000882. The topological polar surface area (TPSA) is 18.5 Å². The van der Waals surface area contributed by atoms with Gasteiger partial charge in [-0.05, 0) is 49.7 Å². The molecule has 4 atom stereocenters. The fourth-order valence-electron chi connectivity index (χ4n) is 4.96. The van der Waals surface area contributed by atoms with Crippen LogP contribution in [-0.2, 0) is 9.47 Å².